The first-order valence-electron chi connectivity index (χ1n) is 7.50. The quantitative estimate of drug-likeness (QED) is 0.500. The van der Waals surface area contributed by atoms with Gasteiger partial charge in [-0.2, -0.15) is 0 Å². The van der Waals surface area contributed by atoms with E-state index in [9.17, 15) is 9.90 Å². The Morgan fingerprint density at radius 1 is 1.45 bits per heavy atom. The van der Waals surface area contributed by atoms with Gasteiger partial charge >= 0.3 is 6.03 Å². The van der Waals surface area contributed by atoms with Gasteiger partial charge in [-0.15, -0.1) is 0 Å². The molecule has 1 heterocycles. The Morgan fingerprint density at radius 3 is 2.70 bits per heavy atom. The van der Waals surface area contributed by atoms with Gasteiger partial charge < -0.3 is 26.2 Å². The predicted octanol–water partition coefficient (Wildman–Crippen LogP) is 0.135. The standard InChI is InChI=1S/C14H29N3O3/c1-10(2)13(19)7-11-6-12(16-4-3-5-18)9-17(8-11)14(15)20/h10-13,16,18-19H,3-9H2,1-2H3,(H2,15,20). The zero-order chi connectivity index (χ0) is 15.1. The Kier molecular flexibility index (Phi) is 7.26. The largest absolute Gasteiger partial charge is 0.396 e. The molecular weight excluding hydrogens is 258 g/mol. The molecule has 5 N–H and O–H groups in total. The van der Waals surface area contributed by atoms with Gasteiger partial charge in [0.05, 0.1) is 6.10 Å². The summed E-state index contributed by atoms with van der Waals surface area (Å²) < 4.78 is 0. The molecule has 0 radical (unpaired) electrons. The van der Waals surface area contributed by atoms with Crippen LogP contribution in [0, 0.1) is 11.8 Å². The molecule has 1 saturated heterocycles. The number of nitrogens with two attached hydrogens (primary N) is 1. The third-order valence-electron chi connectivity index (χ3n) is 3.96. The Labute approximate surface area is 121 Å². The van der Waals surface area contributed by atoms with Crippen molar-refractivity contribution in [1.82, 2.24) is 10.2 Å². The normalized spacial score (nSPS) is 24.9. The molecule has 6 nitrogen and oxygen atoms in total. The third kappa shape index (κ3) is 5.64. The molecule has 1 aliphatic rings. The number of piperidine rings is 1. The molecule has 0 aromatic carbocycles. The lowest BCUT2D eigenvalue weighted by Crippen LogP contribution is -2.53. The van der Waals surface area contributed by atoms with Crippen molar-refractivity contribution in [3.8, 4) is 0 Å². The summed E-state index contributed by atoms with van der Waals surface area (Å²) in [4.78, 5) is 13.1. The fourth-order valence-electron chi connectivity index (χ4n) is 2.70. The van der Waals surface area contributed by atoms with Gasteiger partial charge in [-0.3, -0.25) is 0 Å². The molecule has 0 aliphatic carbocycles. The highest BCUT2D eigenvalue weighted by Gasteiger charge is 2.30. The first-order valence-corrected chi connectivity index (χ1v) is 7.50. The van der Waals surface area contributed by atoms with Crippen LogP contribution in [0.4, 0.5) is 4.79 Å². The summed E-state index contributed by atoms with van der Waals surface area (Å²) in [6, 6.07) is -0.213. The highest BCUT2D eigenvalue weighted by atomic mass is 16.3. The van der Waals surface area contributed by atoms with E-state index in [1.165, 1.54) is 0 Å². The number of aliphatic hydroxyl groups excluding tert-OH is 2. The van der Waals surface area contributed by atoms with Crippen LogP contribution in [0.5, 0.6) is 0 Å². The number of likely N-dealkylation sites (tertiary alicyclic amines) is 1. The van der Waals surface area contributed by atoms with Crippen molar-refractivity contribution >= 4 is 6.03 Å². The number of nitrogens with one attached hydrogen (secondary N) is 1. The monoisotopic (exact) mass is 287 g/mol. The lowest BCUT2D eigenvalue weighted by Gasteiger charge is -2.38. The number of urea groups is 1. The summed E-state index contributed by atoms with van der Waals surface area (Å²) in [6.07, 6.45) is 1.98. The van der Waals surface area contributed by atoms with Crippen LogP contribution in [0.3, 0.4) is 0 Å². The SMILES string of the molecule is CC(C)C(O)CC1CC(NCCCO)CN(C(N)=O)C1. The molecular formula is C14H29N3O3. The fraction of sp³-hybridized carbons (Fsp3) is 0.929. The lowest BCUT2D eigenvalue weighted by molar-refractivity contribution is 0.0702. The van der Waals surface area contributed by atoms with Crippen LogP contribution >= 0.6 is 0 Å². The number of carbonyl (C=O) groups excluding carboxylic acids is 1. The maximum absolute atomic E-state index is 11.4. The molecule has 6 heteroatoms. The summed E-state index contributed by atoms with van der Waals surface area (Å²) >= 11 is 0. The highest BCUT2D eigenvalue weighted by molar-refractivity contribution is 5.72. The zero-order valence-corrected chi connectivity index (χ0v) is 12.6. The minimum absolute atomic E-state index is 0.161. The van der Waals surface area contributed by atoms with Crippen LogP contribution in [0.2, 0.25) is 0 Å². The van der Waals surface area contributed by atoms with Crippen molar-refractivity contribution in [1.29, 1.82) is 0 Å². The molecule has 0 bridgehead atoms. The summed E-state index contributed by atoms with van der Waals surface area (Å²) in [5.74, 6) is 0.486. The Balaban J connectivity index is 2.53. The van der Waals surface area contributed by atoms with Crippen molar-refractivity contribution < 1.29 is 15.0 Å². The number of rotatable bonds is 7. The summed E-state index contributed by atoms with van der Waals surface area (Å²) in [5.41, 5.74) is 5.39. The van der Waals surface area contributed by atoms with E-state index < -0.39 is 6.03 Å². The van der Waals surface area contributed by atoms with Crippen molar-refractivity contribution in [3.05, 3.63) is 0 Å². The molecule has 3 atom stereocenters. The van der Waals surface area contributed by atoms with E-state index in [0.717, 1.165) is 13.0 Å². The van der Waals surface area contributed by atoms with E-state index in [1.807, 2.05) is 13.8 Å². The van der Waals surface area contributed by atoms with E-state index in [0.29, 0.717) is 25.9 Å². The van der Waals surface area contributed by atoms with E-state index in [2.05, 4.69) is 5.32 Å². The molecule has 0 aromatic rings. The van der Waals surface area contributed by atoms with Gasteiger partial charge in [-0.05, 0) is 37.6 Å². The number of aliphatic hydroxyl groups is 2. The Morgan fingerprint density at radius 2 is 2.15 bits per heavy atom. The van der Waals surface area contributed by atoms with Crippen LogP contribution < -0.4 is 11.1 Å². The highest BCUT2D eigenvalue weighted by Crippen LogP contribution is 2.23. The maximum atomic E-state index is 11.4. The summed E-state index contributed by atoms with van der Waals surface area (Å²) in [6.45, 7) is 6.11. The molecule has 1 aliphatic heterocycles. The average Bonchev–Trinajstić information content (AvgIpc) is 2.38. The van der Waals surface area contributed by atoms with Crippen LogP contribution in [0.1, 0.15) is 33.1 Å². The second-order valence-electron chi connectivity index (χ2n) is 6.12. The predicted molar refractivity (Wildman–Crippen MR) is 78.2 cm³/mol. The van der Waals surface area contributed by atoms with Gasteiger partial charge in [0.15, 0.2) is 0 Å². The van der Waals surface area contributed by atoms with Gasteiger partial charge in [0.1, 0.15) is 0 Å². The Bertz CT molecular complexity index is 299. The van der Waals surface area contributed by atoms with E-state index in [-0.39, 0.29) is 30.6 Å². The van der Waals surface area contributed by atoms with Crippen LogP contribution in [0.15, 0.2) is 0 Å². The van der Waals surface area contributed by atoms with Crippen molar-refractivity contribution in [2.24, 2.45) is 17.6 Å². The Hall–Kier alpha value is -0.850. The topological polar surface area (TPSA) is 98.8 Å². The van der Waals surface area contributed by atoms with Gasteiger partial charge in [-0.25, -0.2) is 4.79 Å². The number of hydrogen-bond donors (Lipinski definition) is 4. The minimum Gasteiger partial charge on any atom is -0.396 e. The van der Waals surface area contributed by atoms with Crippen LogP contribution in [-0.4, -0.2) is 59.5 Å². The second-order valence-corrected chi connectivity index (χ2v) is 6.12. The van der Waals surface area contributed by atoms with E-state index in [1.54, 1.807) is 4.90 Å². The van der Waals surface area contributed by atoms with Crippen molar-refractivity contribution in [2.75, 3.05) is 26.2 Å². The molecule has 2 amide bonds. The molecule has 118 valence electrons. The van der Waals surface area contributed by atoms with Crippen molar-refractivity contribution in [2.45, 2.75) is 45.3 Å². The molecule has 20 heavy (non-hydrogen) atoms. The minimum atomic E-state index is -0.400. The van der Waals surface area contributed by atoms with Crippen molar-refractivity contribution in [3.63, 3.8) is 0 Å². The number of carbonyl (C=O) groups is 1. The molecule has 1 fully saturated rings. The number of amides is 2. The number of primary amides is 1. The molecule has 0 saturated carbocycles. The fourth-order valence-corrected chi connectivity index (χ4v) is 2.70. The second kappa shape index (κ2) is 8.44. The zero-order valence-electron chi connectivity index (χ0n) is 12.6. The maximum Gasteiger partial charge on any atom is 0.314 e. The third-order valence-corrected chi connectivity index (χ3v) is 3.96. The molecule has 0 aromatic heterocycles. The van der Waals surface area contributed by atoms with E-state index >= 15 is 0 Å². The van der Waals surface area contributed by atoms with Gasteiger partial charge in [0.2, 0.25) is 0 Å². The van der Waals surface area contributed by atoms with Crippen LogP contribution in [0.25, 0.3) is 0 Å². The number of hydrogen-bond acceptors (Lipinski definition) is 4. The summed E-state index contributed by atoms with van der Waals surface area (Å²) in [5, 5.41) is 22.2. The summed E-state index contributed by atoms with van der Waals surface area (Å²) in [7, 11) is 0. The first-order chi connectivity index (χ1) is 9.43. The first kappa shape index (κ1) is 17.2. The lowest BCUT2D eigenvalue weighted by atomic mass is 9.87. The number of nitrogens with zero attached hydrogens (tertiary/aromatic N) is 1. The average molecular weight is 287 g/mol. The van der Waals surface area contributed by atoms with Gasteiger partial charge in [0, 0.05) is 25.7 Å². The molecule has 3 unspecified atom stereocenters. The molecule has 1 rings (SSSR count). The van der Waals surface area contributed by atoms with Gasteiger partial charge in [-0.1, -0.05) is 13.8 Å². The smallest absolute Gasteiger partial charge is 0.314 e. The molecule has 0 spiro atoms. The van der Waals surface area contributed by atoms with E-state index in [4.69, 9.17) is 10.8 Å². The van der Waals surface area contributed by atoms with Crippen LogP contribution in [-0.2, 0) is 0 Å². The van der Waals surface area contributed by atoms with Gasteiger partial charge in [0.25, 0.3) is 0 Å².